The molecule has 0 aromatic heterocycles. The predicted molar refractivity (Wildman–Crippen MR) is 104 cm³/mol. The van der Waals surface area contributed by atoms with Gasteiger partial charge in [0.25, 0.3) is 0 Å². The number of carbonyl (C=O) groups is 1. The number of nitrogens with zero attached hydrogens (tertiary/aromatic N) is 2. The minimum atomic E-state index is 0.150. The molecule has 0 bridgehead atoms. The number of amides is 1. The van der Waals surface area contributed by atoms with Crippen LogP contribution >= 0.6 is 0 Å². The van der Waals surface area contributed by atoms with E-state index < -0.39 is 0 Å². The van der Waals surface area contributed by atoms with Gasteiger partial charge < -0.3 is 15.5 Å². The van der Waals surface area contributed by atoms with Crippen LogP contribution in [0.1, 0.15) is 37.3 Å². The van der Waals surface area contributed by atoms with E-state index in [1.165, 1.54) is 11.1 Å². The first-order valence-corrected chi connectivity index (χ1v) is 9.41. The first-order valence-electron chi connectivity index (χ1n) is 9.41. The third-order valence-electron chi connectivity index (χ3n) is 4.78. The average Bonchev–Trinajstić information content (AvgIpc) is 2.63. The summed E-state index contributed by atoms with van der Waals surface area (Å²) in [5, 5.41) is 6.14. The Balaban J connectivity index is 1.85. The van der Waals surface area contributed by atoms with E-state index in [1.54, 1.807) is 7.05 Å². The predicted octanol–water partition coefficient (Wildman–Crippen LogP) is 2.35. The second-order valence-electron chi connectivity index (χ2n) is 6.78. The van der Waals surface area contributed by atoms with Crippen molar-refractivity contribution in [2.75, 3.05) is 33.2 Å². The van der Waals surface area contributed by atoms with Gasteiger partial charge in [0.2, 0.25) is 5.91 Å². The van der Waals surface area contributed by atoms with Gasteiger partial charge in [-0.3, -0.25) is 9.79 Å². The normalized spacial score (nSPS) is 16.0. The van der Waals surface area contributed by atoms with Gasteiger partial charge in [-0.15, -0.1) is 0 Å². The second-order valence-corrected chi connectivity index (χ2v) is 6.78. The van der Waals surface area contributed by atoms with Gasteiger partial charge in [-0.2, -0.15) is 0 Å². The van der Waals surface area contributed by atoms with Crippen molar-refractivity contribution in [2.45, 2.75) is 39.5 Å². The molecule has 0 saturated carbocycles. The molecule has 2 N–H and O–H groups in total. The average molecular weight is 345 g/mol. The number of guanidine groups is 1. The van der Waals surface area contributed by atoms with Crippen LogP contribution in [0.3, 0.4) is 0 Å². The fraction of sp³-hybridized carbons (Fsp3) is 0.600. The van der Waals surface area contributed by atoms with Crippen LogP contribution in [-0.4, -0.2) is 50.0 Å². The maximum Gasteiger partial charge on any atom is 0.220 e. The van der Waals surface area contributed by atoms with Gasteiger partial charge in [0.05, 0.1) is 0 Å². The molecule has 0 spiro atoms. The van der Waals surface area contributed by atoms with E-state index >= 15 is 0 Å². The standard InChI is InChI=1S/C20H32N4O/c1-4-22-20(23-12-9-17-7-5-16(2)6-8-17)24-13-10-18(11-14-24)15-19(25)21-3/h5-8,18H,4,9-15H2,1-3H3,(H,21,25)(H,22,23). The molecular formula is C20H32N4O. The van der Waals surface area contributed by atoms with E-state index in [-0.39, 0.29) is 5.91 Å². The highest BCUT2D eigenvalue weighted by molar-refractivity contribution is 5.80. The van der Waals surface area contributed by atoms with Crippen molar-refractivity contribution in [3.05, 3.63) is 35.4 Å². The van der Waals surface area contributed by atoms with Crippen molar-refractivity contribution < 1.29 is 4.79 Å². The molecule has 1 fully saturated rings. The molecule has 1 amide bonds. The highest BCUT2D eigenvalue weighted by atomic mass is 16.1. The summed E-state index contributed by atoms with van der Waals surface area (Å²) < 4.78 is 0. The Morgan fingerprint density at radius 1 is 1.24 bits per heavy atom. The molecule has 1 aliphatic rings. The molecule has 0 unspecified atom stereocenters. The second kappa shape index (κ2) is 10.1. The largest absolute Gasteiger partial charge is 0.359 e. The Bertz CT molecular complexity index is 560. The number of carbonyl (C=O) groups excluding carboxylic acids is 1. The van der Waals surface area contributed by atoms with E-state index in [2.05, 4.69) is 53.6 Å². The number of likely N-dealkylation sites (tertiary alicyclic amines) is 1. The molecule has 138 valence electrons. The summed E-state index contributed by atoms with van der Waals surface area (Å²) in [7, 11) is 1.71. The summed E-state index contributed by atoms with van der Waals surface area (Å²) in [6.45, 7) is 7.83. The lowest BCUT2D eigenvalue weighted by atomic mass is 9.93. The van der Waals surface area contributed by atoms with Gasteiger partial charge in [0.1, 0.15) is 0 Å². The summed E-state index contributed by atoms with van der Waals surface area (Å²) in [5.41, 5.74) is 2.62. The molecule has 5 heteroatoms. The van der Waals surface area contributed by atoms with E-state index in [1.807, 2.05) is 0 Å². The topological polar surface area (TPSA) is 56.7 Å². The van der Waals surface area contributed by atoms with Crippen LogP contribution in [0.25, 0.3) is 0 Å². The molecule has 0 radical (unpaired) electrons. The molecule has 1 saturated heterocycles. The zero-order valence-electron chi connectivity index (χ0n) is 15.8. The van der Waals surface area contributed by atoms with E-state index in [9.17, 15) is 4.79 Å². The first kappa shape index (κ1) is 19.3. The van der Waals surface area contributed by atoms with Crippen LogP contribution in [0, 0.1) is 12.8 Å². The van der Waals surface area contributed by atoms with Gasteiger partial charge in [-0.25, -0.2) is 0 Å². The minimum absolute atomic E-state index is 0.150. The number of rotatable bonds is 6. The van der Waals surface area contributed by atoms with Crippen molar-refractivity contribution in [2.24, 2.45) is 10.9 Å². The Morgan fingerprint density at radius 2 is 1.92 bits per heavy atom. The van der Waals surface area contributed by atoms with E-state index in [4.69, 9.17) is 4.99 Å². The highest BCUT2D eigenvalue weighted by Crippen LogP contribution is 2.20. The maximum atomic E-state index is 11.5. The maximum absolute atomic E-state index is 11.5. The third-order valence-corrected chi connectivity index (χ3v) is 4.78. The molecule has 25 heavy (non-hydrogen) atoms. The summed E-state index contributed by atoms with van der Waals surface area (Å²) in [6.07, 6.45) is 3.71. The summed E-state index contributed by atoms with van der Waals surface area (Å²) in [5.74, 6) is 1.65. The fourth-order valence-electron chi connectivity index (χ4n) is 3.18. The fourth-order valence-corrected chi connectivity index (χ4v) is 3.18. The molecule has 1 aromatic carbocycles. The minimum Gasteiger partial charge on any atom is -0.359 e. The lowest BCUT2D eigenvalue weighted by Gasteiger charge is -2.34. The van der Waals surface area contributed by atoms with E-state index in [0.717, 1.165) is 51.4 Å². The monoisotopic (exact) mass is 344 g/mol. The Hall–Kier alpha value is -2.04. The van der Waals surface area contributed by atoms with Crippen LogP contribution in [0.15, 0.2) is 29.3 Å². The number of benzene rings is 1. The molecule has 1 aliphatic heterocycles. The number of aryl methyl sites for hydroxylation is 1. The van der Waals surface area contributed by atoms with Crippen LogP contribution in [-0.2, 0) is 11.2 Å². The number of hydrogen-bond acceptors (Lipinski definition) is 2. The lowest BCUT2D eigenvalue weighted by molar-refractivity contribution is -0.121. The Labute approximate surface area is 151 Å². The van der Waals surface area contributed by atoms with E-state index in [0.29, 0.717) is 12.3 Å². The quantitative estimate of drug-likeness (QED) is 0.615. The number of piperidine rings is 1. The lowest BCUT2D eigenvalue weighted by Crippen LogP contribution is -2.46. The highest BCUT2D eigenvalue weighted by Gasteiger charge is 2.22. The van der Waals surface area contributed by atoms with Crippen molar-refractivity contribution in [3.8, 4) is 0 Å². The number of hydrogen-bond donors (Lipinski definition) is 2. The molecular weight excluding hydrogens is 312 g/mol. The van der Waals surface area contributed by atoms with Gasteiger partial charge in [-0.05, 0) is 44.6 Å². The molecule has 2 rings (SSSR count). The van der Waals surface area contributed by atoms with Gasteiger partial charge in [-0.1, -0.05) is 29.8 Å². The first-order chi connectivity index (χ1) is 12.1. The summed E-state index contributed by atoms with van der Waals surface area (Å²) in [6, 6.07) is 8.67. The Morgan fingerprint density at radius 3 is 2.52 bits per heavy atom. The van der Waals surface area contributed by atoms with Gasteiger partial charge in [0.15, 0.2) is 5.96 Å². The zero-order chi connectivity index (χ0) is 18.1. The number of aliphatic imine (C=N–C) groups is 1. The summed E-state index contributed by atoms with van der Waals surface area (Å²) >= 11 is 0. The van der Waals surface area contributed by atoms with Crippen LogP contribution in [0.4, 0.5) is 0 Å². The van der Waals surface area contributed by atoms with Gasteiger partial charge >= 0.3 is 0 Å². The smallest absolute Gasteiger partial charge is 0.220 e. The zero-order valence-corrected chi connectivity index (χ0v) is 15.8. The molecule has 0 atom stereocenters. The molecule has 1 aromatic rings. The van der Waals surface area contributed by atoms with Crippen molar-refractivity contribution >= 4 is 11.9 Å². The van der Waals surface area contributed by atoms with Gasteiger partial charge in [0, 0.05) is 39.6 Å². The molecule has 1 heterocycles. The molecule has 5 nitrogen and oxygen atoms in total. The van der Waals surface area contributed by atoms with Crippen molar-refractivity contribution in [3.63, 3.8) is 0 Å². The van der Waals surface area contributed by atoms with Crippen molar-refractivity contribution in [1.82, 2.24) is 15.5 Å². The van der Waals surface area contributed by atoms with Crippen LogP contribution in [0.2, 0.25) is 0 Å². The number of nitrogens with one attached hydrogen (secondary N) is 2. The Kier molecular flexibility index (Phi) is 7.76. The third kappa shape index (κ3) is 6.40. The summed E-state index contributed by atoms with van der Waals surface area (Å²) in [4.78, 5) is 18.7. The SMILES string of the molecule is CCNC(=NCCc1ccc(C)cc1)N1CCC(CC(=O)NC)CC1. The van der Waals surface area contributed by atoms with Crippen LogP contribution < -0.4 is 10.6 Å². The molecule has 0 aliphatic carbocycles. The van der Waals surface area contributed by atoms with Crippen LogP contribution in [0.5, 0.6) is 0 Å². The van der Waals surface area contributed by atoms with Crippen molar-refractivity contribution in [1.29, 1.82) is 0 Å².